The summed E-state index contributed by atoms with van der Waals surface area (Å²) in [4.78, 5) is 54.5. The van der Waals surface area contributed by atoms with Gasteiger partial charge < -0.3 is 10.1 Å². The van der Waals surface area contributed by atoms with Gasteiger partial charge in [0.15, 0.2) is 0 Å². The van der Waals surface area contributed by atoms with Crippen molar-refractivity contribution in [2.75, 3.05) is 11.9 Å². The van der Waals surface area contributed by atoms with Crippen LogP contribution in [0.1, 0.15) is 35.7 Å². The molecule has 2 bridgehead atoms. The summed E-state index contributed by atoms with van der Waals surface area (Å²) < 4.78 is 5.16. The number of nitrogens with zero attached hydrogens (tertiary/aromatic N) is 1. The van der Waals surface area contributed by atoms with Gasteiger partial charge in [0.1, 0.15) is 6.04 Å². The molecule has 0 aromatic heterocycles. The number of likely N-dealkylation sites (tertiary alicyclic amines) is 1. The summed E-state index contributed by atoms with van der Waals surface area (Å²) >= 11 is 0. The second-order valence-corrected chi connectivity index (χ2v) is 10.6. The molecular weight excluding hydrogens is 468 g/mol. The average Bonchev–Trinajstić information content (AvgIpc) is 3.70. The minimum Gasteiger partial charge on any atom is -0.462 e. The summed E-state index contributed by atoms with van der Waals surface area (Å²) in [6.45, 7) is 2.27. The second kappa shape index (κ2) is 9.29. The van der Waals surface area contributed by atoms with Gasteiger partial charge in [-0.15, -0.1) is 0 Å². The maximum Gasteiger partial charge on any atom is 0.338 e. The van der Waals surface area contributed by atoms with Gasteiger partial charge in [-0.1, -0.05) is 49.4 Å². The van der Waals surface area contributed by atoms with Gasteiger partial charge >= 0.3 is 5.97 Å². The predicted molar refractivity (Wildman–Crippen MR) is 136 cm³/mol. The third kappa shape index (κ3) is 4.06. The molecule has 0 unspecified atom stereocenters. The Morgan fingerprint density at radius 3 is 2.16 bits per heavy atom. The average molecular weight is 499 g/mol. The zero-order chi connectivity index (χ0) is 25.7. The summed E-state index contributed by atoms with van der Waals surface area (Å²) in [5, 5.41) is 2.87. The fraction of sp³-hybridized carbons (Fsp3) is 0.400. The Labute approximate surface area is 215 Å². The molecule has 0 radical (unpaired) electrons. The number of hydrogen-bond donors (Lipinski definition) is 1. The third-order valence-electron chi connectivity index (χ3n) is 8.41. The molecule has 1 N–H and O–H groups in total. The summed E-state index contributed by atoms with van der Waals surface area (Å²) in [6, 6.07) is 14.9. The molecule has 1 aliphatic heterocycles. The van der Waals surface area contributed by atoms with Crippen LogP contribution >= 0.6 is 0 Å². The number of imide groups is 1. The molecule has 7 nitrogen and oxygen atoms in total. The summed E-state index contributed by atoms with van der Waals surface area (Å²) in [5.41, 5.74) is 1.74. The fourth-order valence-electron chi connectivity index (χ4n) is 6.62. The number of amides is 3. The first kappa shape index (κ1) is 23.6. The molecule has 190 valence electrons. The number of esters is 1. The number of carbonyl (C=O) groups excluding carboxylic acids is 4. The number of benzene rings is 2. The van der Waals surface area contributed by atoms with Crippen LogP contribution in [0.5, 0.6) is 0 Å². The number of anilines is 1. The smallest absolute Gasteiger partial charge is 0.338 e. The quantitative estimate of drug-likeness (QED) is 0.339. The van der Waals surface area contributed by atoms with Crippen molar-refractivity contribution in [2.24, 2.45) is 35.5 Å². The highest BCUT2D eigenvalue weighted by atomic mass is 16.5. The molecule has 1 saturated heterocycles. The molecule has 4 aliphatic carbocycles. The Morgan fingerprint density at radius 2 is 1.57 bits per heavy atom. The highest BCUT2D eigenvalue weighted by Gasteiger charge is 2.67. The summed E-state index contributed by atoms with van der Waals surface area (Å²) in [6.07, 6.45) is 6.33. The lowest BCUT2D eigenvalue weighted by molar-refractivity contribution is -0.146. The molecule has 0 spiro atoms. The molecule has 2 aromatic rings. The van der Waals surface area contributed by atoms with Crippen LogP contribution in [0.2, 0.25) is 0 Å². The predicted octanol–water partition coefficient (Wildman–Crippen LogP) is 3.86. The van der Waals surface area contributed by atoms with Crippen LogP contribution in [-0.2, 0) is 25.5 Å². The van der Waals surface area contributed by atoms with E-state index in [4.69, 9.17) is 4.74 Å². The fourth-order valence-corrected chi connectivity index (χ4v) is 6.62. The number of nitrogens with one attached hydrogen (secondary N) is 1. The minimum atomic E-state index is -0.960. The van der Waals surface area contributed by atoms with E-state index in [1.807, 2.05) is 37.3 Å². The molecule has 37 heavy (non-hydrogen) atoms. The van der Waals surface area contributed by atoms with Crippen LogP contribution in [0.15, 0.2) is 66.7 Å². The van der Waals surface area contributed by atoms with Crippen molar-refractivity contribution in [1.29, 1.82) is 0 Å². The van der Waals surface area contributed by atoms with E-state index in [-0.39, 0.29) is 41.9 Å². The molecule has 7 heteroatoms. The molecule has 3 fully saturated rings. The van der Waals surface area contributed by atoms with E-state index < -0.39 is 17.9 Å². The van der Waals surface area contributed by atoms with Crippen LogP contribution in [0.3, 0.4) is 0 Å². The van der Waals surface area contributed by atoms with Crippen molar-refractivity contribution < 1.29 is 23.9 Å². The summed E-state index contributed by atoms with van der Waals surface area (Å²) in [5.74, 6) is -0.793. The largest absolute Gasteiger partial charge is 0.462 e. The second-order valence-electron chi connectivity index (χ2n) is 10.6. The molecule has 5 aliphatic rings. The van der Waals surface area contributed by atoms with Crippen LogP contribution < -0.4 is 5.32 Å². The van der Waals surface area contributed by atoms with Gasteiger partial charge in [-0.3, -0.25) is 19.3 Å². The van der Waals surface area contributed by atoms with Crippen LogP contribution in [0.4, 0.5) is 5.69 Å². The van der Waals surface area contributed by atoms with Crippen LogP contribution in [-0.4, -0.2) is 41.2 Å². The Hall–Kier alpha value is -3.74. The Morgan fingerprint density at radius 1 is 0.946 bits per heavy atom. The zero-order valence-electron chi connectivity index (χ0n) is 20.7. The van der Waals surface area contributed by atoms with E-state index in [0.717, 1.165) is 18.4 Å². The normalized spacial score (nSPS) is 29.5. The Bertz CT molecular complexity index is 1230. The van der Waals surface area contributed by atoms with E-state index in [0.29, 0.717) is 29.7 Å². The highest BCUT2D eigenvalue weighted by Crippen LogP contribution is 2.65. The third-order valence-corrected chi connectivity index (χ3v) is 8.41. The molecule has 7 atom stereocenters. The minimum absolute atomic E-state index is 0.0990. The van der Waals surface area contributed by atoms with E-state index >= 15 is 0 Å². The van der Waals surface area contributed by atoms with Crippen molar-refractivity contribution in [1.82, 2.24) is 4.90 Å². The summed E-state index contributed by atoms with van der Waals surface area (Å²) in [7, 11) is 0. The lowest BCUT2D eigenvalue weighted by atomic mass is 9.63. The van der Waals surface area contributed by atoms with E-state index in [1.54, 1.807) is 24.3 Å². The van der Waals surface area contributed by atoms with Crippen molar-refractivity contribution in [3.63, 3.8) is 0 Å². The number of allylic oxidation sites excluding steroid dienone is 2. The van der Waals surface area contributed by atoms with Gasteiger partial charge in [-0.2, -0.15) is 0 Å². The molecular formula is C30H30N2O5. The number of carbonyl (C=O) groups is 4. The monoisotopic (exact) mass is 498 g/mol. The first-order valence-corrected chi connectivity index (χ1v) is 13.1. The SMILES string of the molecule is CCCOC(=O)c1ccc(NC(=O)[C@H](Cc2ccccc2)N2C(=O)[C@@H]3[C@H]4C=C[C@@H]([C@@H]5C[C@H]45)[C@H]3C2=O)cc1. The number of rotatable bonds is 8. The van der Waals surface area contributed by atoms with Gasteiger partial charge in [0, 0.05) is 12.1 Å². The van der Waals surface area contributed by atoms with Crippen molar-refractivity contribution >= 4 is 29.4 Å². The Balaban J connectivity index is 1.25. The molecule has 7 rings (SSSR count). The first-order valence-electron chi connectivity index (χ1n) is 13.1. The van der Waals surface area contributed by atoms with E-state index in [2.05, 4.69) is 17.5 Å². The van der Waals surface area contributed by atoms with Crippen molar-refractivity contribution in [2.45, 2.75) is 32.2 Å². The maximum absolute atomic E-state index is 13.7. The highest BCUT2D eigenvalue weighted by molar-refractivity contribution is 6.10. The standard InChI is InChI=1S/C30H30N2O5/c1-2-14-37-30(36)18-8-10-19(11-9-18)31-27(33)24(15-17-6-4-3-5-7-17)32-28(34)25-20-12-13-21(23-16-22(20)23)26(25)29(32)35/h3-13,20-26H,2,14-16H2,1H3,(H,31,33)/t20-,21-,22-,23+,24-,25+,26+/m0/s1. The number of ether oxygens (including phenoxy) is 1. The van der Waals surface area contributed by atoms with Gasteiger partial charge in [0.25, 0.3) is 0 Å². The van der Waals surface area contributed by atoms with E-state index in [1.165, 1.54) is 4.90 Å². The van der Waals surface area contributed by atoms with Crippen molar-refractivity contribution in [3.05, 3.63) is 77.9 Å². The molecule has 3 amide bonds. The zero-order valence-corrected chi connectivity index (χ0v) is 20.7. The number of hydrogen-bond acceptors (Lipinski definition) is 5. The Kier molecular flexibility index (Phi) is 5.94. The first-order chi connectivity index (χ1) is 18.0. The lowest BCUT2D eigenvalue weighted by Gasteiger charge is -2.37. The molecule has 2 aromatic carbocycles. The van der Waals surface area contributed by atoms with Gasteiger partial charge in [0.2, 0.25) is 17.7 Å². The lowest BCUT2D eigenvalue weighted by Crippen LogP contribution is -2.49. The van der Waals surface area contributed by atoms with Gasteiger partial charge in [-0.25, -0.2) is 4.79 Å². The topological polar surface area (TPSA) is 92.8 Å². The van der Waals surface area contributed by atoms with E-state index in [9.17, 15) is 19.2 Å². The maximum atomic E-state index is 13.7. The van der Waals surface area contributed by atoms with Gasteiger partial charge in [-0.05, 0) is 66.3 Å². The van der Waals surface area contributed by atoms with Gasteiger partial charge in [0.05, 0.1) is 24.0 Å². The molecule has 2 saturated carbocycles. The van der Waals surface area contributed by atoms with Crippen LogP contribution in [0, 0.1) is 35.5 Å². The van der Waals surface area contributed by atoms with Crippen LogP contribution in [0.25, 0.3) is 0 Å². The molecule has 1 heterocycles. The van der Waals surface area contributed by atoms with Crippen molar-refractivity contribution in [3.8, 4) is 0 Å².